The summed E-state index contributed by atoms with van der Waals surface area (Å²) in [6.45, 7) is 0. The summed E-state index contributed by atoms with van der Waals surface area (Å²) >= 11 is 0. The monoisotopic (exact) mass is 387 g/mol. The predicted octanol–water partition coefficient (Wildman–Crippen LogP) is 4.54. The Kier molecular flexibility index (Phi) is 6.17. The van der Waals surface area contributed by atoms with Gasteiger partial charge in [0.05, 0.1) is 5.56 Å². The summed E-state index contributed by atoms with van der Waals surface area (Å²) in [5, 5.41) is 19.2. The van der Waals surface area contributed by atoms with Gasteiger partial charge in [0.25, 0.3) is 0 Å². The molecule has 29 heavy (non-hydrogen) atoms. The van der Waals surface area contributed by atoms with E-state index in [9.17, 15) is 14.7 Å². The number of carboxylic acids is 1. The fourth-order valence-corrected chi connectivity index (χ4v) is 2.55. The molecule has 0 atom stereocenters. The first-order valence-corrected chi connectivity index (χ1v) is 8.68. The number of fused-ring (bicyclic) bond motifs is 1. The maximum absolute atomic E-state index is 11.8. The molecular formula is C23H17NO5. The highest BCUT2D eigenvalue weighted by atomic mass is 16.5. The van der Waals surface area contributed by atoms with E-state index in [1.54, 1.807) is 60.8 Å². The molecule has 1 heterocycles. The molecule has 0 aliphatic heterocycles. The minimum absolute atomic E-state index is 0.0400. The third-order valence-corrected chi connectivity index (χ3v) is 3.94. The predicted molar refractivity (Wildman–Crippen MR) is 108 cm³/mol. The van der Waals surface area contributed by atoms with E-state index in [1.165, 1.54) is 12.1 Å². The molecule has 1 aromatic heterocycles. The number of phenols is 1. The first-order valence-electron chi connectivity index (χ1n) is 8.68. The van der Waals surface area contributed by atoms with Crippen molar-refractivity contribution in [1.29, 1.82) is 0 Å². The quantitative estimate of drug-likeness (QED) is 0.396. The zero-order valence-corrected chi connectivity index (χ0v) is 15.2. The third kappa shape index (κ3) is 4.95. The van der Waals surface area contributed by atoms with Crippen LogP contribution in [0.25, 0.3) is 10.9 Å². The van der Waals surface area contributed by atoms with Gasteiger partial charge in [-0.1, -0.05) is 48.5 Å². The average molecular weight is 387 g/mol. The van der Waals surface area contributed by atoms with Gasteiger partial charge in [0.2, 0.25) is 0 Å². The summed E-state index contributed by atoms with van der Waals surface area (Å²) in [6, 6.07) is 23.5. The van der Waals surface area contributed by atoms with Crippen molar-refractivity contribution >= 4 is 22.8 Å². The Morgan fingerprint density at radius 3 is 2.21 bits per heavy atom. The minimum atomic E-state index is -1.13. The number of nitrogens with zero attached hydrogens (tertiary/aromatic N) is 1. The number of hydrogen-bond donors (Lipinski definition) is 2. The zero-order chi connectivity index (χ0) is 20.6. The van der Waals surface area contributed by atoms with Gasteiger partial charge in [0.1, 0.15) is 22.6 Å². The summed E-state index contributed by atoms with van der Waals surface area (Å²) < 4.78 is 5.07. The Balaban J connectivity index is 0.000000186. The molecule has 0 saturated carbocycles. The molecule has 6 heteroatoms. The minimum Gasteiger partial charge on any atom is -0.506 e. The van der Waals surface area contributed by atoms with E-state index in [0.717, 1.165) is 5.39 Å². The Morgan fingerprint density at radius 2 is 1.48 bits per heavy atom. The molecule has 0 aliphatic carbocycles. The van der Waals surface area contributed by atoms with E-state index in [2.05, 4.69) is 4.98 Å². The van der Waals surface area contributed by atoms with Crippen molar-refractivity contribution in [3.05, 3.63) is 102 Å². The molecule has 2 N–H and O–H groups in total. The number of ether oxygens (including phenoxy) is 1. The molecule has 0 amide bonds. The van der Waals surface area contributed by atoms with E-state index < -0.39 is 11.9 Å². The number of aromatic nitrogens is 1. The number of aromatic hydroxyl groups is 1. The number of carbonyl (C=O) groups is 2. The van der Waals surface area contributed by atoms with E-state index in [1.807, 2.05) is 18.2 Å². The Hall–Kier alpha value is -4.19. The lowest BCUT2D eigenvalue weighted by atomic mass is 10.2. The lowest BCUT2D eigenvalue weighted by Gasteiger charge is -2.06. The van der Waals surface area contributed by atoms with Crippen molar-refractivity contribution in [1.82, 2.24) is 4.98 Å². The summed E-state index contributed by atoms with van der Waals surface area (Å²) in [5.74, 6) is -1.43. The van der Waals surface area contributed by atoms with Crippen molar-refractivity contribution in [3.63, 3.8) is 0 Å². The largest absolute Gasteiger partial charge is 0.506 e. The Morgan fingerprint density at radius 1 is 0.793 bits per heavy atom. The molecule has 0 fully saturated rings. The van der Waals surface area contributed by atoms with Crippen LogP contribution in [0.4, 0.5) is 0 Å². The second-order valence-electron chi connectivity index (χ2n) is 5.91. The zero-order valence-electron chi connectivity index (χ0n) is 15.2. The van der Waals surface area contributed by atoms with Crippen molar-refractivity contribution in [2.45, 2.75) is 0 Å². The number of aromatic carboxylic acids is 1. The van der Waals surface area contributed by atoms with Gasteiger partial charge in [-0.3, -0.25) is 4.98 Å². The summed E-state index contributed by atoms with van der Waals surface area (Å²) in [6.07, 6.45) is 1.67. The van der Waals surface area contributed by atoms with E-state index in [4.69, 9.17) is 9.84 Å². The Bertz CT molecular complexity index is 1140. The fourth-order valence-electron chi connectivity index (χ4n) is 2.55. The number of carboxylic acid groups (broad SMARTS) is 1. The summed E-state index contributed by atoms with van der Waals surface area (Å²) in [5.41, 5.74) is 0.995. The summed E-state index contributed by atoms with van der Waals surface area (Å²) in [7, 11) is 0. The van der Waals surface area contributed by atoms with E-state index in [0.29, 0.717) is 11.1 Å². The van der Waals surface area contributed by atoms with Crippen LogP contribution in [-0.4, -0.2) is 27.1 Å². The number of esters is 1. The maximum Gasteiger partial charge on any atom is 0.343 e. The van der Waals surface area contributed by atoms with Crippen LogP contribution in [0.3, 0.4) is 0 Å². The smallest absolute Gasteiger partial charge is 0.343 e. The molecule has 0 bridgehead atoms. The second kappa shape index (κ2) is 9.14. The molecule has 4 rings (SSSR count). The van der Waals surface area contributed by atoms with E-state index >= 15 is 0 Å². The van der Waals surface area contributed by atoms with Crippen LogP contribution in [0.2, 0.25) is 0 Å². The molecule has 0 saturated heterocycles. The number of benzene rings is 3. The van der Waals surface area contributed by atoms with Gasteiger partial charge in [-0.05, 0) is 36.4 Å². The molecule has 144 valence electrons. The second-order valence-corrected chi connectivity index (χ2v) is 5.91. The molecule has 3 aromatic carbocycles. The van der Waals surface area contributed by atoms with Gasteiger partial charge < -0.3 is 14.9 Å². The first-order chi connectivity index (χ1) is 14.1. The lowest BCUT2D eigenvalue weighted by Crippen LogP contribution is -2.11. The van der Waals surface area contributed by atoms with Gasteiger partial charge in [-0.25, -0.2) is 9.59 Å². The molecular weight excluding hydrogens is 370 g/mol. The highest BCUT2D eigenvalue weighted by Gasteiger charge is 2.14. The molecule has 0 spiro atoms. The summed E-state index contributed by atoms with van der Waals surface area (Å²) in [4.78, 5) is 26.8. The number of carbonyl (C=O) groups excluding carboxylic acids is 1. The molecule has 4 aromatic rings. The van der Waals surface area contributed by atoms with Crippen LogP contribution in [0.5, 0.6) is 11.5 Å². The standard InChI is InChI=1S/C14H10O4.C9H7NO/c15-13(16)11-8-4-5-9-12(11)18-14(17)10-6-2-1-3-7-10;11-8-5-1-3-7-4-2-6-10-9(7)8/h1-9H,(H,15,16);1-6,11H. The first kappa shape index (κ1) is 19.6. The van der Waals surface area contributed by atoms with E-state index in [-0.39, 0.29) is 17.1 Å². The Labute approximate surface area is 166 Å². The van der Waals surface area contributed by atoms with Gasteiger partial charge in [-0.15, -0.1) is 0 Å². The number of phenolic OH excluding ortho intramolecular Hbond substituents is 1. The van der Waals surface area contributed by atoms with Crippen molar-refractivity contribution in [3.8, 4) is 11.5 Å². The van der Waals surface area contributed by atoms with Crippen LogP contribution in [0, 0.1) is 0 Å². The fraction of sp³-hybridized carbons (Fsp3) is 0. The lowest BCUT2D eigenvalue weighted by molar-refractivity contribution is 0.0681. The highest BCUT2D eigenvalue weighted by Crippen LogP contribution is 2.21. The van der Waals surface area contributed by atoms with Gasteiger partial charge in [-0.2, -0.15) is 0 Å². The normalized spacial score (nSPS) is 9.93. The molecule has 0 aliphatic rings. The SMILES string of the molecule is O=C(Oc1ccccc1C(=O)O)c1ccccc1.Oc1cccc2cccnc12. The van der Waals surface area contributed by atoms with Crippen LogP contribution >= 0.6 is 0 Å². The number of hydrogen-bond acceptors (Lipinski definition) is 5. The molecule has 0 radical (unpaired) electrons. The highest BCUT2D eigenvalue weighted by molar-refractivity contribution is 5.95. The molecule has 6 nitrogen and oxygen atoms in total. The average Bonchev–Trinajstić information content (AvgIpc) is 2.75. The van der Waals surface area contributed by atoms with Crippen LogP contribution in [-0.2, 0) is 0 Å². The van der Waals surface area contributed by atoms with Gasteiger partial charge >= 0.3 is 11.9 Å². The van der Waals surface area contributed by atoms with Crippen LogP contribution < -0.4 is 4.74 Å². The number of rotatable bonds is 3. The van der Waals surface area contributed by atoms with Crippen molar-refractivity contribution in [2.75, 3.05) is 0 Å². The number of para-hydroxylation sites is 2. The van der Waals surface area contributed by atoms with Crippen LogP contribution in [0.15, 0.2) is 91.1 Å². The number of pyridine rings is 1. The third-order valence-electron chi connectivity index (χ3n) is 3.94. The van der Waals surface area contributed by atoms with Crippen LogP contribution in [0.1, 0.15) is 20.7 Å². The van der Waals surface area contributed by atoms with Crippen molar-refractivity contribution in [2.24, 2.45) is 0 Å². The van der Waals surface area contributed by atoms with Gasteiger partial charge in [0, 0.05) is 11.6 Å². The van der Waals surface area contributed by atoms with Crippen molar-refractivity contribution < 1.29 is 24.5 Å². The maximum atomic E-state index is 11.8. The van der Waals surface area contributed by atoms with Gasteiger partial charge in [0.15, 0.2) is 0 Å². The molecule has 0 unspecified atom stereocenters. The topological polar surface area (TPSA) is 96.7 Å².